The van der Waals surface area contributed by atoms with Crippen molar-refractivity contribution in [3.8, 4) is 5.75 Å². The van der Waals surface area contributed by atoms with Crippen LogP contribution in [0.3, 0.4) is 0 Å². The maximum atomic E-state index is 12.2. The van der Waals surface area contributed by atoms with Crippen LogP contribution in [0.25, 0.3) is 10.9 Å². The summed E-state index contributed by atoms with van der Waals surface area (Å²) in [6, 6.07) is 15.4. The Labute approximate surface area is 146 Å². The molecule has 0 radical (unpaired) electrons. The molecule has 1 aromatic heterocycles. The highest BCUT2D eigenvalue weighted by Crippen LogP contribution is 2.22. The Morgan fingerprint density at radius 2 is 2.00 bits per heavy atom. The van der Waals surface area contributed by atoms with E-state index in [2.05, 4.69) is 4.98 Å². The molecule has 0 aliphatic carbocycles. The van der Waals surface area contributed by atoms with Crippen molar-refractivity contribution in [1.82, 2.24) is 9.88 Å². The van der Waals surface area contributed by atoms with Gasteiger partial charge in [0, 0.05) is 36.3 Å². The average Bonchev–Trinajstić information content (AvgIpc) is 3.07. The van der Waals surface area contributed by atoms with Crippen LogP contribution >= 0.6 is 0 Å². The number of H-pyrrole nitrogens is 1. The van der Waals surface area contributed by atoms with Crippen molar-refractivity contribution < 1.29 is 14.3 Å². The lowest BCUT2D eigenvalue weighted by atomic mass is 10.1. The molecule has 1 N–H and O–H groups in total. The van der Waals surface area contributed by atoms with Gasteiger partial charge >= 0.3 is 0 Å². The van der Waals surface area contributed by atoms with Crippen molar-refractivity contribution in [2.75, 3.05) is 20.2 Å². The minimum atomic E-state index is -0.0827. The fraction of sp³-hybridized carbons (Fsp3) is 0.200. The molecule has 0 saturated carbocycles. The van der Waals surface area contributed by atoms with E-state index in [0.717, 1.165) is 23.6 Å². The lowest BCUT2D eigenvalue weighted by Gasteiger charge is -2.17. The summed E-state index contributed by atoms with van der Waals surface area (Å²) in [6.45, 7) is 0.607. The molecule has 1 amide bonds. The monoisotopic (exact) mass is 336 g/mol. The van der Waals surface area contributed by atoms with Crippen molar-refractivity contribution in [2.24, 2.45) is 0 Å². The lowest BCUT2D eigenvalue weighted by Crippen LogP contribution is -2.33. The number of likely N-dealkylation sites (N-methyl/N-ethyl adjacent to an activating group) is 1. The molecular formula is C20H20N2O3. The minimum Gasteiger partial charge on any atom is -0.484 e. The van der Waals surface area contributed by atoms with Gasteiger partial charge in [-0.15, -0.1) is 0 Å². The summed E-state index contributed by atoms with van der Waals surface area (Å²) >= 11 is 0. The molecule has 0 spiro atoms. The molecule has 0 aliphatic rings. The summed E-state index contributed by atoms with van der Waals surface area (Å²) < 4.78 is 5.60. The van der Waals surface area contributed by atoms with Crippen LogP contribution in [-0.4, -0.2) is 42.3 Å². The molecular weight excluding hydrogens is 316 g/mol. The second-order valence-corrected chi connectivity index (χ2v) is 5.91. The quantitative estimate of drug-likeness (QED) is 0.675. The number of carbonyl (C=O) groups is 2. The molecule has 128 valence electrons. The van der Waals surface area contributed by atoms with Crippen LogP contribution in [0.15, 0.2) is 54.7 Å². The van der Waals surface area contributed by atoms with Gasteiger partial charge in [0.05, 0.1) is 0 Å². The van der Waals surface area contributed by atoms with Crippen molar-refractivity contribution in [3.05, 3.63) is 65.9 Å². The Morgan fingerprint density at radius 1 is 1.20 bits per heavy atom. The summed E-state index contributed by atoms with van der Waals surface area (Å²) in [6.07, 6.45) is 3.26. The van der Waals surface area contributed by atoms with E-state index in [1.54, 1.807) is 30.3 Å². The van der Waals surface area contributed by atoms with Gasteiger partial charge < -0.3 is 14.6 Å². The number of nitrogens with one attached hydrogen (secondary N) is 1. The van der Waals surface area contributed by atoms with Crippen molar-refractivity contribution in [1.29, 1.82) is 0 Å². The number of aromatic amines is 1. The number of amides is 1. The fourth-order valence-electron chi connectivity index (χ4n) is 2.63. The lowest BCUT2D eigenvalue weighted by molar-refractivity contribution is -0.132. The number of fused-ring (bicyclic) bond motifs is 1. The van der Waals surface area contributed by atoms with Gasteiger partial charge in [-0.1, -0.05) is 30.3 Å². The molecule has 2 aromatic carbocycles. The SMILES string of the molecule is CN(CCc1ccccc1)C(=O)COc1ccc2[nH]cc(C=O)c2c1. The van der Waals surface area contributed by atoms with Gasteiger partial charge in [-0.05, 0) is 30.2 Å². The van der Waals surface area contributed by atoms with E-state index >= 15 is 0 Å². The van der Waals surface area contributed by atoms with E-state index in [0.29, 0.717) is 17.9 Å². The summed E-state index contributed by atoms with van der Waals surface area (Å²) in [5.74, 6) is 0.487. The van der Waals surface area contributed by atoms with E-state index in [4.69, 9.17) is 4.74 Å². The van der Waals surface area contributed by atoms with Gasteiger partial charge in [-0.3, -0.25) is 9.59 Å². The van der Waals surface area contributed by atoms with Gasteiger partial charge in [0.1, 0.15) is 5.75 Å². The van der Waals surface area contributed by atoms with Gasteiger partial charge in [-0.25, -0.2) is 0 Å². The number of nitrogens with zero attached hydrogens (tertiary/aromatic N) is 1. The van der Waals surface area contributed by atoms with E-state index in [1.807, 2.05) is 36.4 Å². The fourth-order valence-corrected chi connectivity index (χ4v) is 2.63. The minimum absolute atomic E-state index is 0.0301. The zero-order chi connectivity index (χ0) is 17.6. The van der Waals surface area contributed by atoms with Gasteiger partial charge in [-0.2, -0.15) is 0 Å². The van der Waals surface area contributed by atoms with Crippen LogP contribution in [-0.2, 0) is 11.2 Å². The second-order valence-electron chi connectivity index (χ2n) is 5.91. The summed E-state index contributed by atoms with van der Waals surface area (Å²) in [5.41, 5.74) is 2.63. The van der Waals surface area contributed by atoms with Crippen LogP contribution in [0.4, 0.5) is 0 Å². The molecule has 3 aromatic rings. The standard InChI is InChI=1S/C20H20N2O3/c1-22(10-9-15-5-3-2-4-6-15)20(24)14-25-17-7-8-19-18(11-17)16(13-23)12-21-19/h2-8,11-13,21H,9-10,14H2,1H3. The Balaban J connectivity index is 1.55. The number of carbonyl (C=O) groups excluding carboxylic acids is 2. The molecule has 0 bridgehead atoms. The highest BCUT2D eigenvalue weighted by molar-refractivity contribution is 5.97. The molecule has 3 rings (SSSR count). The van der Waals surface area contributed by atoms with Crippen LogP contribution < -0.4 is 4.74 Å². The third-order valence-corrected chi connectivity index (χ3v) is 4.18. The first-order valence-corrected chi connectivity index (χ1v) is 8.14. The summed E-state index contributed by atoms with van der Waals surface area (Å²) in [4.78, 5) is 27.9. The Morgan fingerprint density at radius 3 is 2.76 bits per heavy atom. The predicted octanol–water partition coefficient (Wildman–Crippen LogP) is 3.06. The summed E-state index contributed by atoms with van der Waals surface area (Å²) in [5, 5.41) is 0.789. The molecule has 5 nitrogen and oxygen atoms in total. The number of benzene rings is 2. The number of aldehydes is 1. The normalized spacial score (nSPS) is 10.6. The first-order valence-electron chi connectivity index (χ1n) is 8.14. The first-order chi connectivity index (χ1) is 12.2. The topological polar surface area (TPSA) is 62.4 Å². The molecule has 0 fully saturated rings. The molecule has 0 saturated heterocycles. The largest absolute Gasteiger partial charge is 0.484 e. The molecule has 0 aliphatic heterocycles. The Bertz CT molecular complexity index is 871. The first kappa shape index (κ1) is 16.8. The Hall–Kier alpha value is -3.08. The Kier molecular flexibility index (Phi) is 5.14. The number of ether oxygens (including phenoxy) is 1. The third kappa shape index (κ3) is 4.07. The van der Waals surface area contributed by atoms with Crippen molar-refractivity contribution in [2.45, 2.75) is 6.42 Å². The van der Waals surface area contributed by atoms with Crippen molar-refractivity contribution >= 4 is 23.1 Å². The molecule has 1 heterocycles. The number of aromatic nitrogens is 1. The summed E-state index contributed by atoms with van der Waals surface area (Å²) in [7, 11) is 1.77. The number of hydrogen-bond acceptors (Lipinski definition) is 3. The van der Waals surface area contributed by atoms with E-state index in [1.165, 1.54) is 5.56 Å². The van der Waals surface area contributed by atoms with Crippen LogP contribution in [0.2, 0.25) is 0 Å². The zero-order valence-corrected chi connectivity index (χ0v) is 14.1. The average molecular weight is 336 g/mol. The van der Waals surface area contributed by atoms with Crippen molar-refractivity contribution in [3.63, 3.8) is 0 Å². The van der Waals surface area contributed by atoms with Gasteiger partial charge in [0.25, 0.3) is 5.91 Å². The number of rotatable bonds is 7. The maximum Gasteiger partial charge on any atom is 0.260 e. The second kappa shape index (κ2) is 7.66. The van der Waals surface area contributed by atoms with E-state index < -0.39 is 0 Å². The van der Waals surface area contributed by atoms with Gasteiger partial charge in [0.15, 0.2) is 12.9 Å². The van der Waals surface area contributed by atoms with Gasteiger partial charge in [0.2, 0.25) is 0 Å². The van der Waals surface area contributed by atoms with Crippen LogP contribution in [0.5, 0.6) is 5.75 Å². The highest BCUT2D eigenvalue weighted by atomic mass is 16.5. The smallest absolute Gasteiger partial charge is 0.260 e. The molecule has 5 heteroatoms. The van der Waals surface area contributed by atoms with Crippen LogP contribution in [0.1, 0.15) is 15.9 Å². The number of hydrogen-bond donors (Lipinski definition) is 1. The predicted molar refractivity (Wildman–Crippen MR) is 97.0 cm³/mol. The molecule has 0 unspecified atom stereocenters. The van der Waals surface area contributed by atoms with E-state index in [-0.39, 0.29) is 12.5 Å². The molecule has 25 heavy (non-hydrogen) atoms. The highest BCUT2D eigenvalue weighted by Gasteiger charge is 2.11. The third-order valence-electron chi connectivity index (χ3n) is 4.18. The maximum absolute atomic E-state index is 12.2. The van der Waals surface area contributed by atoms with E-state index in [9.17, 15) is 9.59 Å². The zero-order valence-electron chi connectivity index (χ0n) is 14.1. The van der Waals surface area contributed by atoms with Crippen LogP contribution in [0, 0.1) is 0 Å². The molecule has 0 atom stereocenters.